The van der Waals surface area contributed by atoms with Crippen LogP contribution in [0.3, 0.4) is 0 Å². The number of rotatable bonds is 4. The summed E-state index contributed by atoms with van der Waals surface area (Å²) in [4.78, 5) is 17.7. The van der Waals surface area contributed by atoms with Crippen LogP contribution < -0.4 is 10.1 Å². The zero-order valence-corrected chi connectivity index (χ0v) is 14.9. The Labute approximate surface area is 153 Å². The molecule has 1 aliphatic heterocycles. The second kappa shape index (κ2) is 7.30. The lowest BCUT2D eigenvalue weighted by molar-refractivity contribution is 0.0964. The number of benzene rings is 1. The summed E-state index contributed by atoms with van der Waals surface area (Å²) in [5.41, 5.74) is 3.64. The van der Waals surface area contributed by atoms with Crippen molar-refractivity contribution in [2.75, 3.05) is 19.7 Å². The molecule has 1 aliphatic rings. The van der Waals surface area contributed by atoms with Gasteiger partial charge < -0.3 is 10.1 Å². The van der Waals surface area contributed by atoms with Gasteiger partial charge in [-0.05, 0) is 80.7 Å². The van der Waals surface area contributed by atoms with E-state index in [4.69, 9.17) is 4.74 Å². The Morgan fingerprint density at radius 3 is 2.73 bits per heavy atom. The molecule has 5 nitrogen and oxygen atoms in total. The lowest BCUT2D eigenvalue weighted by Gasteiger charge is -2.21. The predicted molar refractivity (Wildman–Crippen MR) is 102 cm³/mol. The summed E-state index contributed by atoms with van der Waals surface area (Å²) < 4.78 is 7.21. The van der Waals surface area contributed by atoms with Crippen molar-refractivity contribution in [1.29, 1.82) is 0 Å². The van der Waals surface area contributed by atoms with Gasteiger partial charge in [-0.15, -0.1) is 0 Å². The van der Waals surface area contributed by atoms with Crippen molar-refractivity contribution in [2.24, 2.45) is 0 Å². The molecule has 0 atom stereocenters. The van der Waals surface area contributed by atoms with Gasteiger partial charge in [0, 0.05) is 18.0 Å². The first-order valence-corrected chi connectivity index (χ1v) is 9.22. The number of nitrogens with one attached hydrogen (secondary N) is 1. The number of piperidine rings is 1. The third kappa shape index (κ3) is 3.10. The molecule has 1 N–H and O–H groups in total. The summed E-state index contributed by atoms with van der Waals surface area (Å²) in [6.45, 7) is 4.58. The van der Waals surface area contributed by atoms with Crippen molar-refractivity contribution in [1.82, 2.24) is 14.9 Å². The fraction of sp³-hybridized carbons (Fsp3) is 0.333. The van der Waals surface area contributed by atoms with Gasteiger partial charge in [0.05, 0.1) is 17.6 Å². The number of aromatic nitrogens is 2. The summed E-state index contributed by atoms with van der Waals surface area (Å²) in [5.74, 6) is 1.19. The number of hydrogen-bond donors (Lipinski definition) is 1. The zero-order chi connectivity index (χ0) is 17.9. The molecule has 0 amide bonds. The molecule has 134 valence electrons. The second-order valence-electron chi connectivity index (χ2n) is 6.61. The summed E-state index contributed by atoms with van der Waals surface area (Å²) in [5, 5.41) is 3.40. The molecule has 3 aromatic rings. The molecule has 4 rings (SSSR count). The van der Waals surface area contributed by atoms with Crippen LogP contribution in [-0.2, 0) is 0 Å². The standard InChI is InChI=1S/C21H23N3O2/c1-2-26-17-7-5-16(6-8-17)21(25)24-14-18(15-9-12-22-13-10-15)20-19(24)4-3-11-23-20/h3-8,11,14-15,22H,2,9-10,12-13H2,1H3. The highest BCUT2D eigenvalue weighted by Crippen LogP contribution is 2.32. The van der Waals surface area contributed by atoms with E-state index < -0.39 is 0 Å². The van der Waals surface area contributed by atoms with Gasteiger partial charge in [-0.3, -0.25) is 14.3 Å². The van der Waals surface area contributed by atoms with Crippen LogP contribution in [0.4, 0.5) is 0 Å². The van der Waals surface area contributed by atoms with Crippen LogP contribution in [0.15, 0.2) is 48.8 Å². The van der Waals surface area contributed by atoms with Gasteiger partial charge in [0.2, 0.25) is 0 Å². The lowest BCUT2D eigenvalue weighted by Crippen LogP contribution is -2.26. The molecular weight excluding hydrogens is 326 g/mol. The van der Waals surface area contributed by atoms with Crippen LogP contribution in [0, 0.1) is 0 Å². The smallest absolute Gasteiger partial charge is 0.262 e. The Balaban J connectivity index is 1.72. The topological polar surface area (TPSA) is 56.1 Å². The number of hydrogen-bond acceptors (Lipinski definition) is 4. The predicted octanol–water partition coefficient (Wildman–Crippen LogP) is 3.59. The van der Waals surface area contributed by atoms with Gasteiger partial charge in [-0.25, -0.2) is 0 Å². The highest BCUT2D eigenvalue weighted by Gasteiger charge is 2.23. The van der Waals surface area contributed by atoms with E-state index in [-0.39, 0.29) is 5.91 Å². The monoisotopic (exact) mass is 349 g/mol. The fourth-order valence-electron chi connectivity index (χ4n) is 3.68. The first-order valence-electron chi connectivity index (χ1n) is 9.22. The number of ether oxygens (including phenoxy) is 1. The molecule has 0 unspecified atom stereocenters. The van der Waals surface area contributed by atoms with E-state index in [0.29, 0.717) is 18.1 Å². The maximum atomic E-state index is 13.1. The minimum atomic E-state index is -0.0359. The normalized spacial score (nSPS) is 15.3. The molecule has 2 aromatic heterocycles. The molecule has 1 saturated heterocycles. The molecule has 1 fully saturated rings. The van der Waals surface area contributed by atoms with E-state index in [1.165, 1.54) is 5.56 Å². The quantitative estimate of drug-likeness (QED) is 0.782. The number of pyridine rings is 1. The molecule has 0 spiro atoms. The summed E-state index contributed by atoms with van der Waals surface area (Å²) in [7, 11) is 0. The highest BCUT2D eigenvalue weighted by atomic mass is 16.5. The fourth-order valence-corrected chi connectivity index (χ4v) is 3.68. The van der Waals surface area contributed by atoms with Crippen molar-refractivity contribution in [3.8, 4) is 5.75 Å². The van der Waals surface area contributed by atoms with E-state index in [0.717, 1.165) is 42.7 Å². The molecule has 26 heavy (non-hydrogen) atoms. The molecule has 0 saturated carbocycles. The van der Waals surface area contributed by atoms with Crippen LogP contribution >= 0.6 is 0 Å². The Morgan fingerprint density at radius 1 is 1.23 bits per heavy atom. The van der Waals surface area contributed by atoms with E-state index in [1.807, 2.05) is 49.5 Å². The van der Waals surface area contributed by atoms with Gasteiger partial charge >= 0.3 is 0 Å². The molecular formula is C21H23N3O2. The Morgan fingerprint density at radius 2 is 2.00 bits per heavy atom. The van der Waals surface area contributed by atoms with Gasteiger partial charge in [0.25, 0.3) is 5.91 Å². The number of nitrogens with zero attached hydrogens (tertiary/aromatic N) is 2. The average molecular weight is 349 g/mol. The minimum Gasteiger partial charge on any atom is -0.494 e. The highest BCUT2D eigenvalue weighted by molar-refractivity contribution is 6.02. The number of carbonyl (C=O) groups is 1. The third-order valence-electron chi connectivity index (χ3n) is 5.00. The summed E-state index contributed by atoms with van der Waals surface area (Å²) >= 11 is 0. The number of fused-ring (bicyclic) bond motifs is 1. The summed E-state index contributed by atoms with van der Waals surface area (Å²) in [6, 6.07) is 11.2. The third-order valence-corrected chi connectivity index (χ3v) is 5.00. The van der Waals surface area contributed by atoms with E-state index in [2.05, 4.69) is 10.3 Å². The van der Waals surface area contributed by atoms with Crippen LogP contribution in [0.2, 0.25) is 0 Å². The van der Waals surface area contributed by atoms with E-state index >= 15 is 0 Å². The SMILES string of the molecule is CCOc1ccc(C(=O)n2cc(C3CCNCC3)c3ncccc32)cc1. The van der Waals surface area contributed by atoms with Gasteiger partial charge in [0.1, 0.15) is 5.75 Å². The molecule has 0 radical (unpaired) electrons. The largest absolute Gasteiger partial charge is 0.494 e. The van der Waals surface area contributed by atoms with Crippen LogP contribution in [0.25, 0.3) is 11.0 Å². The molecule has 1 aromatic carbocycles. The van der Waals surface area contributed by atoms with Crippen molar-refractivity contribution in [3.05, 3.63) is 59.9 Å². The van der Waals surface area contributed by atoms with Gasteiger partial charge in [-0.1, -0.05) is 0 Å². The Bertz CT molecular complexity index is 909. The van der Waals surface area contributed by atoms with Gasteiger partial charge in [-0.2, -0.15) is 0 Å². The first-order chi connectivity index (χ1) is 12.8. The molecule has 0 bridgehead atoms. The van der Waals surface area contributed by atoms with Crippen LogP contribution in [0.1, 0.15) is 41.6 Å². The van der Waals surface area contributed by atoms with E-state index in [9.17, 15) is 4.79 Å². The first kappa shape index (κ1) is 16.8. The van der Waals surface area contributed by atoms with Crippen molar-refractivity contribution >= 4 is 16.9 Å². The van der Waals surface area contributed by atoms with Crippen molar-refractivity contribution in [2.45, 2.75) is 25.7 Å². The van der Waals surface area contributed by atoms with Crippen LogP contribution in [0.5, 0.6) is 5.75 Å². The molecule has 5 heteroatoms. The lowest BCUT2D eigenvalue weighted by atomic mass is 9.91. The zero-order valence-electron chi connectivity index (χ0n) is 14.9. The maximum Gasteiger partial charge on any atom is 0.262 e. The van der Waals surface area contributed by atoms with E-state index in [1.54, 1.807) is 10.8 Å². The second-order valence-corrected chi connectivity index (χ2v) is 6.61. The molecule has 3 heterocycles. The maximum absolute atomic E-state index is 13.1. The molecule has 0 aliphatic carbocycles. The van der Waals surface area contributed by atoms with Crippen molar-refractivity contribution in [3.63, 3.8) is 0 Å². The van der Waals surface area contributed by atoms with Crippen LogP contribution in [-0.4, -0.2) is 35.2 Å². The van der Waals surface area contributed by atoms with Crippen molar-refractivity contribution < 1.29 is 9.53 Å². The summed E-state index contributed by atoms with van der Waals surface area (Å²) in [6.07, 6.45) is 5.95. The van der Waals surface area contributed by atoms with Gasteiger partial charge in [0.15, 0.2) is 0 Å². The number of carbonyl (C=O) groups excluding carboxylic acids is 1. The minimum absolute atomic E-state index is 0.0359. The Kier molecular flexibility index (Phi) is 4.71. The average Bonchev–Trinajstić information content (AvgIpc) is 3.09. The Hall–Kier alpha value is -2.66.